The average Bonchev–Trinajstić information content (AvgIpc) is 2.66. The van der Waals surface area contributed by atoms with E-state index in [4.69, 9.17) is 0 Å². The molecule has 0 aromatic heterocycles. The molecular weight excluding hydrogens is 360 g/mol. The van der Waals surface area contributed by atoms with Crippen LogP contribution in [0.1, 0.15) is 113 Å². The molecule has 170 valence electrons. The van der Waals surface area contributed by atoms with Crippen LogP contribution in [0.3, 0.4) is 0 Å². The molecule has 0 nitrogen and oxygen atoms in total. The predicted molar refractivity (Wildman–Crippen MR) is 140 cm³/mol. The summed E-state index contributed by atoms with van der Waals surface area (Å²) in [5.74, 6) is 0.647. The van der Waals surface area contributed by atoms with Crippen molar-refractivity contribution in [3.05, 3.63) is 70.4 Å². The molecule has 0 N–H and O–H groups in total. The van der Waals surface area contributed by atoms with E-state index in [1.807, 2.05) is 0 Å². The zero-order valence-corrected chi connectivity index (χ0v) is 21.5. The summed E-state index contributed by atoms with van der Waals surface area (Å²) in [6.45, 7) is 17.8. The minimum Gasteiger partial charge on any atom is -0.0879 e. The van der Waals surface area contributed by atoms with Gasteiger partial charge in [0.05, 0.1) is 0 Å². The largest absolute Gasteiger partial charge is 0.0879 e. The standard InChI is InChI=1S/C30H50/c1-25(2)15-13-20-29(7)22-14-21-28(6)18-10-9-16-27(5)17-11-12-19-30(8)24-23-26(3)4/h12,15-16,18-19,22-23,30H,9-11,13-14,17,20-21,24H2,1-8H3. The molecule has 0 amide bonds. The van der Waals surface area contributed by atoms with Gasteiger partial charge in [-0.15, -0.1) is 0 Å². The van der Waals surface area contributed by atoms with Crippen LogP contribution in [-0.4, -0.2) is 0 Å². The van der Waals surface area contributed by atoms with Crippen LogP contribution in [0, 0.1) is 5.92 Å². The van der Waals surface area contributed by atoms with Crippen LogP contribution in [0.15, 0.2) is 70.4 Å². The minimum atomic E-state index is 0.647. The first-order chi connectivity index (χ1) is 14.2. The molecule has 30 heavy (non-hydrogen) atoms. The number of unbranched alkanes of at least 4 members (excludes halogenated alkanes) is 1. The van der Waals surface area contributed by atoms with E-state index in [0.29, 0.717) is 5.92 Å². The number of allylic oxidation sites excluding steroid dienone is 12. The van der Waals surface area contributed by atoms with Crippen molar-refractivity contribution < 1.29 is 0 Å². The maximum atomic E-state index is 2.43. The van der Waals surface area contributed by atoms with Crippen molar-refractivity contribution in [3.8, 4) is 0 Å². The van der Waals surface area contributed by atoms with Crippen LogP contribution in [0.25, 0.3) is 0 Å². The summed E-state index contributed by atoms with van der Waals surface area (Å²) in [6, 6.07) is 0. The summed E-state index contributed by atoms with van der Waals surface area (Å²) in [5, 5.41) is 0. The molecule has 0 spiro atoms. The molecule has 0 rings (SSSR count). The van der Waals surface area contributed by atoms with E-state index in [1.54, 1.807) is 0 Å². The first-order valence-electron chi connectivity index (χ1n) is 12.1. The molecule has 0 aliphatic heterocycles. The van der Waals surface area contributed by atoms with Crippen LogP contribution < -0.4 is 0 Å². The van der Waals surface area contributed by atoms with Crippen LogP contribution in [0.5, 0.6) is 0 Å². The van der Waals surface area contributed by atoms with Gasteiger partial charge in [-0.25, -0.2) is 0 Å². The molecule has 0 radical (unpaired) electrons. The molecule has 1 atom stereocenters. The maximum Gasteiger partial charge on any atom is -0.0227 e. The normalized spacial score (nSPS) is 14.2. The van der Waals surface area contributed by atoms with Gasteiger partial charge < -0.3 is 0 Å². The quantitative estimate of drug-likeness (QED) is 0.186. The second kappa shape index (κ2) is 18.2. The van der Waals surface area contributed by atoms with Gasteiger partial charge in [0, 0.05) is 0 Å². The van der Waals surface area contributed by atoms with Crippen molar-refractivity contribution in [2.45, 2.75) is 113 Å². The summed E-state index contributed by atoms with van der Waals surface area (Å²) in [6.07, 6.45) is 27.3. The Balaban J connectivity index is 4.03. The van der Waals surface area contributed by atoms with Crippen LogP contribution in [0.4, 0.5) is 0 Å². The second-order valence-corrected chi connectivity index (χ2v) is 9.55. The highest BCUT2D eigenvalue weighted by Gasteiger charge is 1.95. The third-order valence-corrected chi connectivity index (χ3v) is 5.34. The van der Waals surface area contributed by atoms with Crippen molar-refractivity contribution in [3.63, 3.8) is 0 Å². The highest BCUT2D eigenvalue weighted by molar-refractivity contribution is 5.07. The molecule has 0 saturated heterocycles. The van der Waals surface area contributed by atoms with Crippen LogP contribution >= 0.6 is 0 Å². The molecule has 0 saturated carbocycles. The zero-order valence-electron chi connectivity index (χ0n) is 21.5. The summed E-state index contributed by atoms with van der Waals surface area (Å²) in [7, 11) is 0. The number of hydrogen-bond acceptors (Lipinski definition) is 0. The van der Waals surface area contributed by atoms with E-state index >= 15 is 0 Å². The number of hydrogen-bond donors (Lipinski definition) is 0. The third kappa shape index (κ3) is 19.7. The van der Waals surface area contributed by atoms with Gasteiger partial charge in [0.25, 0.3) is 0 Å². The molecular formula is C30H50. The van der Waals surface area contributed by atoms with Gasteiger partial charge in [0.2, 0.25) is 0 Å². The fourth-order valence-corrected chi connectivity index (χ4v) is 3.24. The Labute approximate surface area is 189 Å². The molecule has 0 bridgehead atoms. The van der Waals surface area contributed by atoms with Gasteiger partial charge >= 0.3 is 0 Å². The lowest BCUT2D eigenvalue weighted by atomic mass is 10.0. The van der Waals surface area contributed by atoms with E-state index in [2.05, 4.69) is 97.9 Å². The average molecular weight is 411 g/mol. The Morgan fingerprint density at radius 1 is 0.533 bits per heavy atom. The topological polar surface area (TPSA) is 0 Å². The fraction of sp³-hybridized carbons (Fsp3) is 0.600. The smallest absolute Gasteiger partial charge is 0.0227 e. The van der Waals surface area contributed by atoms with Crippen LogP contribution in [0.2, 0.25) is 0 Å². The van der Waals surface area contributed by atoms with Crippen LogP contribution in [-0.2, 0) is 0 Å². The monoisotopic (exact) mass is 410 g/mol. The van der Waals surface area contributed by atoms with E-state index in [-0.39, 0.29) is 0 Å². The maximum absolute atomic E-state index is 2.43. The molecule has 0 heterocycles. The first-order valence-corrected chi connectivity index (χ1v) is 12.1. The van der Waals surface area contributed by atoms with E-state index in [1.165, 1.54) is 72.8 Å². The fourth-order valence-electron chi connectivity index (χ4n) is 3.24. The van der Waals surface area contributed by atoms with Gasteiger partial charge in [-0.3, -0.25) is 0 Å². The molecule has 0 fully saturated rings. The summed E-state index contributed by atoms with van der Waals surface area (Å²) in [4.78, 5) is 0. The first kappa shape index (κ1) is 28.4. The van der Waals surface area contributed by atoms with Crippen molar-refractivity contribution >= 4 is 0 Å². The lowest BCUT2D eigenvalue weighted by Crippen LogP contribution is -1.87. The lowest BCUT2D eigenvalue weighted by Gasteiger charge is -2.03. The molecule has 1 unspecified atom stereocenters. The van der Waals surface area contributed by atoms with Gasteiger partial charge in [-0.05, 0) is 112 Å². The van der Waals surface area contributed by atoms with Gasteiger partial charge in [-0.2, -0.15) is 0 Å². The molecule has 0 heteroatoms. The van der Waals surface area contributed by atoms with Crippen molar-refractivity contribution in [1.29, 1.82) is 0 Å². The minimum absolute atomic E-state index is 0.647. The number of rotatable bonds is 15. The third-order valence-electron chi connectivity index (χ3n) is 5.34. The Kier molecular flexibility index (Phi) is 17.3. The van der Waals surface area contributed by atoms with E-state index < -0.39 is 0 Å². The van der Waals surface area contributed by atoms with Crippen molar-refractivity contribution in [1.82, 2.24) is 0 Å². The summed E-state index contributed by atoms with van der Waals surface area (Å²) >= 11 is 0. The van der Waals surface area contributed by atoms with Crippen molar-refractivity contribution in [2.75, 3.05) is 0 Å². The Bertz CT molecular complexity index is 623. The summed E-state index contributed by atoms with van der Waals surface area (Å²) < 4.78 is 0. The highest BCUT2D eigenvalue weighted by atomic mass is 14.0. The molecule has 0 aromatic carbocycles. The zero-order chi connectivity index (χ0) is 22.8. The van der Waals surface area contributed by atoms with Crippen molar-refractivity contribution in [2.24, 2.45) is 5.92 Å². The van der Waals surface area contributed by atoms with Gasteiger partial charge in [-0.1, -0.05) is 77.3 Å². The molecule has 0 aliphatic carbocycles. The Morgan fingerprint density at radius 3 is 1.47 bits per heavy atom. The van der Waals surface area contributed by atoms with Gasteiger partial charge in [0.15, 0.2) is 0 Å². The van der Waals surface area contributed by atoms with Gasteiger partial charge in [0.1, 0.15) is 0 Å². The highest BCUT2D eigenvalue weighted by Crippen LogP contribution is 2.14. The molecule has 0 aromatic rings. The predicted octanol–water partition coefficient (Wildman–Crippen LogP) is 10.5. The lowest BCUT2D eigenvalue weighted by molar-refractivity contribution is 0.735. The SMILES string of the molecule is CC(C)=CCCC(C)=CCCC(C)=CCCC=C(C)CCC=CC(C)CC=C(C)C. The van der Waals surface area contributed by atoms with E-state index in [9.17, 15) is 0 Å². The Hall–Kier alpha value is -1.56. The molecule has 0 aliphatic rings. The second-order valence-electron chi connectivity index (χ2n) is 9.55. The Morgan fingerprint density at radius 2 is 0.967 bits per heavy atom. The summed E-state index contributed by atoms with van der Waals surface area (Å²) in [5.41, 5.74) is 7.42. The van der Waals surface area contributed by atoms with E-state index in [0.717, 1.165) is 12.8 Å².